The van der Waals surface area contributed by atoms with Crippen molar-refractivity contribution in [3.05, 3.63) is 144 Å². The van der Waals surface area contributed by atoms with Gasteiger partial charge in [-0.2, -0.15) is 0 Å². The Morgan fingerprint density at radius 2 is 1.53 bits per heavy atom. The molecule has 239 valence electrons. The summed E-state index contributed by atoms with van der Waals surface area (Å²) in [5.74, 6) is 0. The number of hydrogen-bond donors (Lipinski definition) is 0. The maximum Gasteiger partial charge on any atom is 0.216 e. The first-order valence-electron chi connectivity index (χ1n) is 15.7. The van der Waals surface area contributed by atoms with Gasteiger partial charge in [0.2, 0.25) is 5.71 Å². The van der Waals surface area contributed by atoms with Crippen molar-refractivity contribution in [2.45, 2.75) is 52.2 Å². The first-order valence-corrected chi connectivity index (χ1v) is 19.2. The zero-order chi connectivity index (χ0) is 32.3. The minimum absolute atomic E-state index is 0. The zero-order valence-electron chi connectivity index (χ0n) is 27.8. The minimum Gasteiger partial charge on any atom is -0.486 e. The molecule has 1 radical (unpaired) electrons. The van der Waals surface area contributed by atoms with Crippen LogP contribution in [-0.2, 0) is 31.9 Å². The Morgan fingerprint density at radius 1 is 0.745 bits per heavy atom. The van der Waals surface area contributed by atoms with E-state index in [-0.39, 0.29) is 25.5 Å². The predicted molar refractivity (Wildman–Crippen MR) is 193 cm³/mol. The molecule has 0 aliphatic carbocycles. The van der Waals surface area contributed by atoms with Crippen molar-refractivity contribution in [3.63, 3.8) is 0 Å². The van der Waals surface area contributed by atoms with Gasteiger partial charge < -0.3 is 14.4 Å². The number of hydrogen-bond acceptors (Lipinski definition) is 4. The molecule has 0 unspecified atom stereocenters. The molecule has 0 spiro atoms. The van der Waals surface area contributed by atoms with Gasteiger partial charge in [0.05, 0.1) is 13.7 Å². The van der Waals surface area contributed by atoms with Crippen LogP contribution in [0.1, 0.15) is 37.6 Å². The van der Waals surface area contributed by atoms with Crippen molar-refractivity contribution >= 4 is 35.3 Å². The van der Waals surface area contributed by atoms with Gasteiger partial charge in [-0.1, -0.05) is 94.3 Å². The fraction of sp³-hybridized carbons (Fsp3) is 0.195. The molecule has 0 saturated heterocycles. The van der Waals surface area contributed by atoms with E-state index in [4.69, 9.17) is 9.40 Å². The van der Waals surface area contributed by atoms with E-state index in [9.17, 15) is 0 Å². The van der Waals surface area contributed by atoms with Gasteiger partial charge in [-0.05, 0) is 51.3 Å². The molecule has 0 fully saturated rings. The normalized spacial score (nSPS) is 11.5. The van der Waals surface area contributed by atoms with Gasteiger partial charge >= 0.3 is 0 Å². The molecule has 7 rings (SSSR count). The van der Waals surface area contributed by atoms with Crippen molar-refractivity contribution < 1.29 is 24.5 Å². The topological polar surface area (TPSA) is 51.8 Å². The zero-order valence-corrected chi connectivity index (χ0v) is 31.2. The second-order valence-corrected chi connectivity index (χ2v) is 18.8. The van der Waals surface area contributed by atoms with Crippen LogP contribution in [0.25, 0.3) is 44.6 Å². The van der Waals surface area contributed by atoms with Crippen LogP contribution in [0, 0.1) is 12.1 Å². The average Bonchev–Trinajstić information content (AvgIpc) is 3.42. The first-order chi connectivity index (χ1) is 22.0. The molecule has 6 heteroatoms. The van der Waals surface area contributed by atoms with Gasteiger partial charge in [0.1, 0.15) is 0 Å². The predicted octanol–water partition coefficient (Wildman–Crippen LogP) is 9.82. The molecular formula is C41H39IrN3OSi-2. The number of benzene rings is 3. The summed E-state index contributed by atoms with van der Waals surface area (Å²) in [6.07, 6.45) is 4.68. The van der Waals surface area contributed by atoms with Gasteiger partial charge in [-0.3, -0.25) is 0 Å². The molecule has 0 aliphatic rings. The number of nitrogens with zero attached hydrogens (tertiary/aromatic N) is 3. The molecule has 0 N–H and O–H groups in total. The Morgan fingerprint density at radius 3 is 2.21 bits per heavy atom. The molecule has 4 heterocycles. The maximum absolute atomic E-state index is 6.04. The van der Waals surface area contributed by atoms with Crippen LogP contribution in [0.15, 0.2) is 120 Å². The van der Waals surface area contributed by atoms with E-state index in [2.05, 4.69) is 129 Å². The second kappa shape index (κ2) is 14.3. The fourth-order valence-electron chi connectivity index (χ4n) is 5.28. The molecule has 47 heavy (non-hydrogen) atoms. The molecule has 0 atom stereocenters. The second-order valence-electron chi connectivity index (χ2n) is 13.7. The van der Waals surface area contributed by atoms with E-state index >= 15 is 0 Å². The van der Waals surface area contributed by atoms with Crippen LogP contribution < -0.4 is 5.19 Å². The monoisotopic (exact) mass is 810 g/mol. The van der Waals surface area contributed by atoms with Crippen LogP contribution in [-0.4, -0.2) is 23.0 Å². The Balaban J connectivity index is 0.000000217. The molecule has 4 nitrogen and oxygen atoms in total. The Labute approximate surface area is 292 Å². The Bertz CT molecular complexity index is 2080. The summed E-state index contributed by atoms with van der Waals surface area (Å²) in [4.78, 5) is 13.9. The molecule has 0 amide bonds. The van der Waals surface area contributed by atoms with Crippen molar-refractivity contribution in [3.8, 4) is 22.5 Å². The summed E-state index contributed by atoms with van der Waals surface area (Å²) < 4.78 is 6.04. The summed E-state index contributed by atoms with van der Waals surface area (Å²) in [6, 6.07) is 41.6. The first kappa shape index (κ1) is 34.1. The molecule has 0 aliphatic heterocycles. The van der Waals surface area contributed by atoms with Crippen molar-refractivity contribution in [1.82, 2.24) is 15.0 Å². The van der Waals surface area contributed by atoms with Crippen molar-refractivity contribution in [1.29, 1.82) is 0 Å². The summed E-state index contributed by atoms with van der Waals surface area (Å²) in [5.41, 5.74) is 8.97. The van der Waals surface area contributed by atoms with E-state index in [0.29, 0.717) is 5.71 Å². The Kier molecular flexibility index (Phi) is 10.4. The molecule has 7 aromatic rings. The summed E-state index contributed by atoms with van der Waals surface area (Å²) in [5, 5.41) is 3.46. The Hall–Kier alpha value is -4.22. The van der Waals surface area contributed by atoms with Gasteiger partial charge in [-0.15, -0.1) is 59.7 Å². The van der Waals surface area contributed by atoms with E-state index in [1.165, 1.54) is 16.3 Å². The smallest absolute Gasteiger partial charge is 0.216 e. The van der Waals surface area contributed by atoms with E-state index in [1.54, 1.807) is 0 Å². The number of pyridine rings is 3. The molecule has 3 aromatic carbocycles. The van der Waals surface area contributed by atoms with E-state index < -0.39 is 8.07 Å². The van der Waals surface area contributed by atoms with Gasteiger partial charge in [0, 0.05) is 50.0 Å². The number of rotatable bonds is 5. The van der Waals surface area contributed by atoms with E-state index in [0.717, 1.165) is 51.0 Å². The SMILES string of the molecule is CC(C)(C)c1ccnc(-c2[c-]cc3oc4nc(Cc5ccccc5)ccc4c3c2)c1.C[Si](C)(C)c1ccc(-c2[c-]cccc2)nc1.[Ir]. The third kappa shape index (κ3) is 8.20. The maximum atomic E-state index is 6.04. The molecule has 4 aromatic heterocycles. The van der Waals surface area contributed by atoms with Crippen LogP contribution in [0.3, 0.4) is 0 Å². The van der Waals surface area contributed by atoms with Gasteiger partial charge in [0.25, 0.3) is 0 Å². The van der Waals surface area contributed by atoms with Crippen LogP contribution in [0.4, 0.5) is 0 Å². The quantitative estimate of drug-likeness (QED) is 0.128. The van der Waals surface area contributed by atoms with Crippen molar-refractivity contribution in [2.75, 3.05) is 0 Å². The van der Waals surface area contributed by atoms with Crippen LogP contribution in [0.5, 0.6) is 0 Å². The average molecular weight is 810 g/mol. The molecular weight excluding hydrogens is 771 g/mol. The molecule has 0 saturated carbocycles. The summed E-state index contributed by atoms with van der Waals surface area (Å²) in [7, 11) is -1.23. The van der Waals surface area contributed by atoms with Crippen LogP contribution in [0.2, 0.25) is 19.6 Å². The fourth-order valence-corrected chi connectivity index (χ4v) is 6.32. The van der Waals surface area contributed by atoms with Gasteiger partial charge in [0.15, 0.2) is 0 Å². The third-order valence-corrected chi connectivity index (χ3v) is 10.1. The van der Waals surface area contributed by atoms with Crippen molar-refractivity contribution in [2.24, 2.45) is 0 Å². The van der Waals surface area contributed by atoms with E-state index in [1.807, 2.05) is 48.8 Å². The summed E-state index contributed by atoms with van der Waals surface area (Å²) in [6.45, 7) is 13.6. The number of fused-ring (bicyclic) bond motifs is 3. The largest absolute Gasteiger partial charge is 0.486 e. The standard InChI is InChI=1S/C27H23N2O.C14H16NSi.Ir/c1-27(2,3)20-13-14-28-24(17-20)19-9-12-25-23(16-19)22-11-10-21(29-26(22)30-25)15-18-7-5-4-6-8-18;1-16(2,3)13-9-10-14(15-11-13)12-7-5-4-6-8-12;/h4-8,10-14,16-17H,15H2,1-3H3;4-7,9-11H,1-3H3;/q2*-1;. The minimum atomic E-state index is -1.23. The van der Waals surface area contributed by atoms with Gasteiger partial charge in [-0.25, -0.2) is 4.98 Å². The molecule has 0 bridgehead atoms. The summed E-state index contributed by atoms with van der Waals surface area (Å²) >= 11 is 0. The number of furan rings is 1. The number of aromatic nitrogens is 3. The third-order valence-electron chi connectivity index (χ3n) is 8.07. The van der Waals surface area contributed by atoms with Crippen LogP contribution >= 0.6 is 0 Å².